The molecule has 5 heteroatoms. The number of nitrogens with zero attached hydrogens (tertiary/aromatic N) is 3. The van der Waals surface area contributed by atoms with Gasteiger partial charge in [-0.2, -0.15) is 5.10 Å². The molecule has 18 heavy (non-hydrogen) atoms. The highest BCUT2D eigenvalue weighted by Gasteiger charge is 2.10. The summed E-state index contributed by atoms with van der Waals surface area (Å²) >= 11 is 0. The molecular weight excluding hydrogens is 231 g/mol. The van der Waals surface area contributed by atoms with Gasteiger partial charge in [0.1, 0.15) is 12.1 Å². The van der Waals surface area contributed by atoms with Gasteiger partial charge in [-0.15, -0.1) is 0 Å². The first kappa shape index (κ1) is 10.6. The van der Waals surface area contributed by atoms with Crippen molar-refractivity contribution < 1.29 is 4.39 Å². The SMILES string of the molecule is Fc1ccc(-c2[nH]ncc2-c2cncnc2)cc1. The fourth-order valence-electron chi connectivity index (χ4n) is 1.78. The van der Waals surface area contributed by atoms with E-state index >= 15 is 0 Å². The molecule has 88 valence electrons. The summed E-state index contributed by atoms with van der Waals surface area (Å²) in [6.45, 7) is 0. The van der Waals surface area contributed by atoms with Gasteiger partial charge in [-0.1, -0.05) is 0 Å². The van der Waals surface area contributed by atoms with Crippen molar-refractivity contribution in [3.63, 3.8) is 0 Å². The second-order valence-corrected chi connectivity index (χ2v) is 3.79. The lowest BCUT2D eigenvalue weighted by molar-refractivity contribution is 0.628. The number of halogens is 1. The van der Waals surface area contributed by atoms with Crippen molar-refractivity contribution in [3.05, 3.63) is 55.0 Å². The van der Waals surface area contributed by atoms with Crippen molar-refractivity contribution in [1.29, 1.82) is 0 Å². The zero-order chi connectivity index (χ0) is 12.4. The molecule has 0 saturated carbocycles. The van der Waals surface area contributed by atoms with E-state index in [0.29, 0.717) is 0 Å². The Labute approximate surface area is 103 Å². The third-order valence-electron chi connectivity index (χ3n) is 2.64. The Bertz CT molecular complexity index is 646. The third kappa shape index (κ3) is 1.86. The van der Waals surface area contributed by atoms with E-state index in [9.17, 15) is 4.39 Å². The third-order valence-corrected chi connectivity index (χ3v) is 2.64. The van der Waals surface area contributed by atoms with Gasteiger partial charge in [0.05, 0.1) is 11.9 Å². The molecular formula is C13H9FN4. The van der Waals surface area contributed by atoms with Gasteiger partial charge in [-0.25, -0.2) is 14.4 Å². The van der Waals surface area contributed by atoms with E-state index < -0.39 is 0 Å². The quantitative estimate of drug-likeness (QED) is 0.749. The number of hydrogen-bond acceptors (Lipinski definition) is 3. The highest BCUT2D eigenvalue weighted by molar-refractivity contribution is 5.79. The number of aromatic amines is 1. The molecule has 3 rings (SSSR count). The second-order valence-electron chi connectivity index (χ2n) is 3.79. The lowest BCUT2D eigenvalue weighted by Gasteiger charge is -2.02. The molecule has 0 radical (unpaired) electrons. The highest BCUT2D eigenvalue weighted by atomic mass is 19.1. The maximum Gasteiger partial charge on any atom is 0.123 e. The predicted octanol–water partition coefficient (Wildman–Crippen LogP) is 2.67. The van der Waals surface area contributed by atoms with Crippen LogP contribution in [0.1, 0.15) is 0 Å². The monoisotopic (exact) mass is 240 g/mol. The minimum atomic E-state index is -0.261. The second kappa shape index (κ2) is 4.37. The standard InChI is InChI=1S/C13H9FN4/c14-11-3-1-9(2-4-11)13-12(7-17-18-13)10-5-15-8-16-6-10/h1-8H,(H,17,18). The minimum absolute atomic E-state index is 0.261. The first-order valence-electron chi connectivity index (χ1n) is 5.39. The summed E-state index contributed by atoms with van der Waals surface area (Å²) in [7, 11) is 0. The zero-order valence-electron chi connectivity index (χ0n) is 9.34. The van der Waals surface area contributed by atoms with Crippen molar-refractivity contribution in [2.75, 3.05) is 0 Å². The molecule has 4 nitrogen and oxygen atoms in total. The molecule has 3 aromatic rings. The lowest BCUT2D eigenvalue weighted by Crippen LogP contribution is -1.85. The van der Waals surface area contributed by atoms with Crippen molar-refractivity contribution in [2.45, 2.75) is 0 Å². The molecule has 0 aliphatic carbocycles. The molecule has 0 aliphatic rings. The number of hydrogen-bond donors (Lipinski definition) is 1. The average molecular weight is 240 g/mol. The number of aromatic nitrogens is 4. The van der Waals surface area contributed by atoms with Crippen LogP contribution in [-0.4, -0.2) is 20.2 Å². The topological polar surface area (TPSA) is 54.5 Å². The lowest BCUT2D eigenvalue weighted by atomic mass is 10.0. The Balaban J connectivity index is 2.10. The van der Waals surface area contributed by atoms with Gasteiger partial charge in [-0.3, -0.25) is 5.10 Å². The molecule has 0 fully saturated rings. The minimum Gasteiger partial charge on any atom is -0.277 e. The maximum atomic E-state index is 12.9. The van der Waals surface area contributed by atoms with E-state index in [-0.39, 0.29) is 5.82 Å². The van der Waals surface area contributed by atoms with Crippen LogP contribution in [0.15, 0.2) is 49.2 Å². The summed E-state index contributed by atoms with van der Waals surface area (Å²) in [4.78, 5) is 7.95. The Morgan fingerprint density at radius 3 is 2.33 bits per heavy atom. The van der Waals surface area contributed by atoms with Gasteiger partial charge in [0.25, 0.3) is 0 Å². The summed E-state index contributed by atoms with van der Waals surface area (Å²) in [5.74, 6) is -0.261. The highest BCUT2D eigenvalue weighted by Crippen LogP contribution is 2.28. The van der Waals surface area contributed by atoms with Crippen LogP contribution in [-0.2, 0) is 0 Å². The van der Waals surface area contributed by atoms with Crippen LogP contribution in [0, 0.1) is 5.82 Å². The molecule has 0 aliphatic heterocycles. The van der Waals surface area contributed by atoms with E-state index in [0.717, 1.165) is 22.4 Å². The Kier molecular flexibility index (Phi) is 2.57. The Morgan fingerprint density at radius 2 is 1.61 bits per heavy atom. The summed E-state index contributed by atoms with van der Waals surface area (Å²) in [5.41, 5.74) is 3.45. The number of rotatable bonds is 2. The molecule has 0 atom stereocenters. The van der Waals surface area contributed by atoms with E-state index in [1.54, 1.807) is 30.7 Å². The maximum absolute atomic E-state index is 12.9. The van der Waals surface area contributed by atoms with Crippen molar-refractivity contribution in [2.24, 2.45) is 0 Å². The molecule has 2 aromatic heterocycles. The molecule has 0 bridgehead atoms. The molecule has 1 N–H and O–H groups in total. The smallest absolute Gasteiger partial charge is 0.123 e. The van der Waals surface area contributed by atoms with Gasteiger partial charge in [0.15, 0.2) is 0 Å². The van der Waals surface area contributed by atoms with Crippen molar-refractivity contribution >= 4 is 0 Å². The van der Waals surface area contributed by atoms with Crippen molar-refractivity contribution in [3.8, 4) is 22.4 Å². The van der Waals surface area contributed by atoms with Crippen LogP contribution in [0.4, 0.5) is 4.39 Å². The zero-order valence-corrected chi connectivity index (χ0v) is 9.34. The van der Waals surface area contributed by atoms with E-state index in [4.69, 9.17) is 0 Å². The van der Waals surface area contributed by atoms with Crippen LogP contribution in [0.25, 0.3) is 22.4 Å². The van der Waals surface area contributed by atoms with Gasteiger partial charge in [0.2, 0.25) is 0 Å². The molecule has 0 saturated heterocycles. The fraction of sp³-hybridized carbons (Fsp3) is 0. The Morgan fingerprint density at radius 1 is 0.889 bits per heavy atom. The van der Waals surface area contributed by atoms with Gasteiger partial charge >= 0.3 is 0 Å². The predicted molar refractivity (Wildman–Crippen MR) is 65.0 cm³/mol. The normalized spacial score (nSPS) is 10.5. The van der Waals surface area contributed by atoms with Crippen molar-refractivity contribution in [1.82, 2.24) is 20.2 Å². The summed E-state index contributed by atoms with van der Waals surface area (Å²) in [6.07, 6.45) is 6.61. The van der Waals surface area contributed by atoms with Crippen LogP contribution in [0.3, 0.4) is 0 Å². The molecule has 2 heterocycles. The number of nitrogens with one attached hydrogen (secondary N) is 1. The van der Waals surface area contributed by atoms with Crippen LogP contribution in [0.5, 0.6) is 0 Å². The molecule has 1 aromatic carbocycles. The molecule has 0 amide bonds. The number of H-pyrrole nitrogens is 1. The van der Waals surface area contributed by atoms with Crippen LogP contribution in [0.2, 0.25) is 0 Å². The first-order valence-corrected chi connectivity index (χ1v) is 5.39. The summed E-state index contributed by atoms with van der Waals surface area (Å²) < 4.78 is 12.9. The van der Waals surface area contributed by atoms with Gasteiger partial charge in [0, 0.05) is 29.1 Å². The van der Waals surface area contributed by atoms with E-state index in [1.165, 1.54) is 18.5 Å². The Hall–Kier alpha value is -2.56. The average Bonchev–Trinajstić information content (AvgIpc) is 2.90. The van der Waals surface area contributed by atoms with Crippen LogP contribution >= 0.6 is 0 Å². The van der Waals surface area contributed by atoms with Crippen LogP contribution < -0.4 is 0 Å². The molecule has 0 spiro atoms. The fourth-order valence-corrected chi connectivity index (χ4v) is 1.78. The summed E-state index contributed by atoms with van der Waals surface area (Å²) in [6, 6.07) is 6.25. The van der Waals surface area contributed by atoms with E-state index in [2.05, 4.69) is 20.2 Å². The first-order chi connectivity index (χ1) is 8.84. The number of benzene rings is 1. The summed E-state index contributed by atoms with van der Waals surface area (Å²) in [5, 5.41) is 6.93. The van der Waals surface area contributed by atoms with Gasteiger partial charge in [-0.05, 0) is 24.3 Å². The van der Waals surface area contributed by atoms with E-state index in [1.807, 2.05) is 0 Å². The molecule has 0 unspecified atom stereocenters. The largest absolute Gasteiger partial charge is 0.277 e. The van der Waals surface area contributed by atoms with Gasteiger partial charge < -0.3 is 0 Å².